The number of imide groups is 1. The third kappa shape index (κ3) is 4.70. The highest BCUT2D eigenvalue weighted by atomic mass is 35.5. The number of halogens is 2. The molecule has 0 aromatic heterocycles. The first-order valence-corrected chi connectivity index (χ1v) is 11.8. The van der Waals surface area contributed by atoms with Gasteiger partial charge >= 0.3 is 0 Å². The number of anilines is 1. The summed E-state index contributed by atoms with van der Waals surface area (Å²) in [6.07, 6.45) is 0. The maximum atomic E-state index is 13.4. The molecule has 0 fully saturated rings. The van der Waals surface area contributed by atoms with Crippen LogP contribution >= 0.6 is 46.7 Å². The Morgan fingerprint density at radius 1 is 0.645 bits per heavy atom. The summed E-state index contributed by atoms with van der Waals surface area (Å²) in [5.41, 5.74) is 2.64. The van der Waals surface area contributed by atoms with Gasteiger partial charge in [0.25, 0.3) is 11.8 Å². The largest absolute Gasteiger partial charge is 0.273 e. The summed E-state index contributed by atoms with van der Waals surface area (Å²) in [7, 11) is 0. The van der Waals surface area contributed by atoms with Crippen molar-refractivity contribution in [2.75, 3.05) is 4.90 Å². The van der Waals surface area contributed by atoms with E-state index in [9.17, 15) is 9.59 Å². The average Bonchev–Trinajstić information content (AvgIpc) is 2.97. The first-order chi connectivity index (χ1) is 14.8. The Bertz CT molecular complexity index is 1140. The van der Waals surface area contributed by atoms with Gasteiger partial charge in [0.1, 0.15) is 0 Å². The predicted octanol–water partition coefficient (Wildman–Crippen LogP) is 7.28. The van der Waals surface area contributed by atoms with Gasteiger partial charge in [0.2, 0.25) is 0 Å². The van der Waals surface area contributed by atoms with E-state index in [4.69, 9.17) is 23.2 Å². The minimum Gasteiger partial charge on any atom is -0.268 e. The van der Waals surface area contributed by atoms with Crippen LogP contribution in [-0.4, -0.2) is 11.8 Å². The molecular weight excluding hydrogens is 469 g/mol. The molecule has 3 aromatic rings. The summed E-state index contributed by atoms with van der Waals surface area (Å²) in [5.74, 6) is -0.743. The van der Waals surface area contributed by atoms with Gasteiger partial charge in [0.15, 0.2) is 0 Å². The smallest absolute Gasteiger partial charge is 0.268 e. The van der Waals surface area contributed by atoms with E-state index in [1.807, 2.05) is 62.4 Å². The van der Waals surface area contributed by atoms with Crippen molar-refractivity contribution >= 4 is 64.2 Å². The number of amides is 2. The third-order valence-electron chi connectivity index (χ3n) is 4.64. The zero-order chi connectivity index (χ0) is 22.1. The topological polar surface area (TPSA) is 37.4 Å². The molecule has 0 aliphatic carbocycles. The van der Waals surface area contributed by atoms with E-state index in [0.717, 1.165) is 25.8 Å². The van der Waals surface area contributed by atoms with Gasteiger partial charge < -0.3 is 0 Å². The molecule has 7 heteroatoms. The fourth-order valence-corrected chi connectivity index (χ4v) is 5.25. The number of nitrogens with zero attached hydrogens (tertiary/aromatic N) is 1. The molecule has 156 valence electrons. The monoisotopic (exact) mass is 485 g/mol. The number of hydrogen-bond acceptors (Lipinski definition) is 4. The molecule has 1 aliphatic rings. The number of aryl methyl sites for hydroxylation is 2. The Hall–Kier alpha value is -2.18. The first-order valence-electron chi connectivity index (χ1n) is 9.40. The Kier molecular flexibility index (Phi) is 6.49. The molecule has 1 aliphatic heterocycles. The van der Waals surface area contributed by atoms with Crippen LogP contribution in [0.2, 0.25) is 10.0 Å². The lowest BCUT2D eigenvalue weighted by Crippen LogP contribution is -2.31. The lowest BCUT2D eigenvalue weighted by molar-refractivity contribution is -0.120. The fourth-order valence-electron chi connectivity index (χ4n) is 2.98. The number of carbonyl (C=O) groups is 2. The molecular formula is C24H17Cl2NO2S2. The van der Waals surface area contributed by atoms with Crippen LogP contribution in [0.15, 0.2) is 86.3 Å². The average molecular weight is 486 g/mol. The van der Waals surface area contributed by atoms with Crippen molar-refractivity contribution in [2.24, 2.45) is 0 Å². The SMILES string of the molecule is Cc1ccc(SC2=C(Sc3ccc(C)cc3)C(=O)N(c3ccc(Cl)c(Cl)c3)C2=O)cc1. The summed E-state index contributed by atoms with van der Waals surface area (Å²) < 4.78 is 0. The van der Waals surface area contributed by atoms with Crippen molar-refractivity contribution < 1.29 is 9.59 Å². The summed E-state index contributed by atoms with van der Waals surface area (Å²) in [5, 5.41) is 0.646. The molecule has 0 atom stereocenters. The van der Waals surface area contributed by atoms with Gasteiger partial charge in [-0.1, -0.05) is 82.1 Å². The molecule has 2 amide bonds. The van der Waals surface area contributed by atoms with Gasteiger partial charge in [0, 0.05) is 9.79 Å². The molecule has 3 nitrogen and oxygen atoms in total. The minimum atomic E-state index is -0.372. The summed E-state index contributed by atoms with van der Waals surface area (Å²) >= 11 is 14.8. The Labute approximate surface area is 199 Å². The molecule has 0 N–H and O–H groups in total. The molecule has 1 heterocycles. The second kappa shape index (κ2) is 9.13. The van der Waals surface area contributed by atoms with Crippen molar-refractivity contribution in [3.8, 4) is 0 Å². The van der Waals surface area contributed by atoms with Gasteiger partial charge in [-0.05, 0) is 56.3 Å². The molecule has 0 bridgehead atoms. The second-order valence-corrected chi connectivity index (χ2v) is 10.0. The minimum absolute atomic E-state index is 0.284. The Balaban J connectivity index is 1.74. The lowest BCUT2D eigenvalue weighted by Gasteiger charge is -2.15. The van der Waals surface area contributed by atoms with E-state index < -0.39 is 0 Å². The summed E-state index contributed by atoms with van der Waals surface area (Å²) in [6.45, 7) is 4.01. The molecule has 0 saturated carbocycles. The van der Waals surface area contributed by atoms with E-state index in [1.165, 1.54) is 29.6 Å². The van der Waals surface area contributed by atoms with Crippen LogP contribution in [0, 0.1) is 13.8 Å². The standard InChI is InChI=1S/C24H17Cl2NO2S2/c1-14-3-8-17(9-4-14)30-21-22(31-18-10-5-15(2)6-11-18)24(29)27(23(21)28)16-7-12-19(25)20(26)13-16/h3-13H,1-2H3. The van der Waals surface area contributed by atoms with Crippen molar-refractivity contribution in [2.45, 2.75) is 23.6 Å². The van der Waals surface area contributed by atoms with Crippen LogP contribution in [-0.2, 0) is 9.59 Å². The highest BCUT2D eigenvalue weighted by Gasteiger charge is 2.40. The number of rotatable bonds is 5. The fraction of sp³-hybridized carbons (Fsp3) is 0.0833. The van der Waals surface area contributed by atoms with E-state index in [0.29, 0.717) is 20.5 Å². The first kappa shape index (κ1) is 22.0. The number of benzene rings is 3. The van der Waals surface area contributed by atoms with Crippen LogP contribution in [0.3, 0.4) is 0 Å². The van der Waals surface area contributed by atoms with E-state index >= 15 is 0 Å². The normalized spacial score (nSPS) is 14.0. The zero-order valence-corrected chi connectivity index (χ0v) is 19.8. The highest BCUT2D eigenvalue weighted by Crippen LogP contribution is 2.44. The maximum absolute atomic E-state index is 13.4. The van der Waals surface area contributed by atoms with Crippen molar-refractivity contribution in [3.05, 3.63) is 97.7 Å². The molecule has 3 aromatic carbocycles. The number of carbonyl (C=O) groups excluding carboxylic acids is 2. The van der Waals surface area contributed by atoms with Crippen LogP contribution in [0.1, 0.15) is 11.1 Å². The maximum Gasteiger partial charge on any atom is 0.273 e. The quantitative estimate of drug-likeness (QED) is 0.355. The van der Waals surface area contributed by atoms with Gasteiger partial charge in [0.05, 0.1) is 25.5 Å². The van der Waals surface area contributed by atoms with Gasteiger partial charge in [-0.2, -0.15) is 0 Å². The lowest BCUT2D eigenvalue weighted by atomic mass is 10.2. The van der Waals surface area contributed by atoms with E-state index in [-0.39, 0.29) is 16.8 Å². The molecule has 31 heavy (non-hydrogen) atoms. The molecule has 0 unspecified atom stereocenters. The molecule has 4 rings (SSSR count). The summed E-state index contributed by atoms with van der Waals surface area (Å²) in [4.78, 5) is 30.5. The van der Waals surface area contributed by atoms with Crippen LogP contribution < -0.4 is 4.90 Å². The zero-order valence-electron chi connectivity index (χ0n) is 16.7. The van der Waals surface area contributed by atoms with Crippen molar-refractivity contribution in [1.82, 2.24) is 0 Å². The Morgan fingerprint density at radius 2 is 1.10 bits per heavy atom. The van der Waals surface area contributed by atoms with Crippen LogP contribution in [0.25, 0.3) is 0 Å². The summed E-state index contributed by atoms with van der Waals surface area (Å²) in [6, 6.07) is 20.4. The Morgan fingerprint density at radius 3 is 1.52 bits per heavy atom. The van der Waals surface area contributed by atoms with Crippen LogP contribution in [0.5, 0.6) is 0 Å². The molecule has 0 radical (unpaired) electrons. The van der Waals surface area contributed by atoms with E-state index in [1.54, 1.807) is 12.1 Å². The number of hydrogen-bond donors (Lipinski definition) is 0. The molecule has 0 saturated heterocycles. The van der Waals surface area contributed by atoms with Gasteiger partial charge in [-0.25, -0.2) is 4.90 Å². The van der Waals surface area contributed by atoms with Crippen LogP contribution in [0.4, 0.5) is 5.69 Å². The highest BCUT2D eigenvalue weighted by molar-refractivity contribution is 8.08. The van der Waals surface area contributed by atoms with Gasteiger partial charge in [-0.15, -0.1) is 0 Å². The van der Waals surface area contributed by atoms with E-state index in [2.05, 4.69) is 0 Å². The van der Waals surface area contributed by atoms with Gasteiger partial charge in [-0.3, -0.25) is 9.59 Å². The number of thioether (sulfide) groups is 2. The van der Waals surface area contributed by atoms with Crippen molar-refractivity contribution in [3.63, 3.8) is 0 Å². The molecule has 0 spiro atoms. The second-order valence-electron chi connectivity index (χ2n) is 7.03. The van der Waals surface area contributed by atoms with Crippen molar-refractivity contribution in [1.29, 1.82) is 0 Å². The third-order valence-corrected chi connectivity index (χ3v) is 7.69. The predicted molar refractivity (Wildman–Crippen MR) is 130 cm³/mol.